The molecule has 1 rings (SSSR count). The van der Waals surface area contributed by atoms with Crippen LogP contribution in [0.1, 0.15) is 0 Å². The third kappa shape index (κ3) is 1.55. The Balaban J connectivity index is 2.88. The minimum atomic E-state index is -0.776. The van der Waals surface area contributed by atoms with E-state index >= 15 is 0 Å². The lowest BCUT2D eigenvalue weighted by molar-refractivity contribution is 1.87. The topological polar surface area (TPSA) is 0 Å². The van der Waals surface area contributed by atoms with E-state index in [4.69, 9.17) is 0 Å². The van der Waals surface area contributed by atoms with Gasteiger partial charge in [-0.3, -0.25) is 0 Å². The van der Waals surface area contributed by atoms with E-state index in [1.54, 1.807) is 0 Å². The maximum Gasteiger partial charge on any atom is 0.134 e. The van der Waals surface area contributed by atoms with Crippen LogP contribution in [-0.2, 0) is 0 Å². The molecule has 0 aromatic carbocycles. The second kappa shape index (κ2) is 2.14. The molecule has 0 bridgehead atoms. The second-order valence-electron chi connectivity index (χ2n) is 3.07. The Labute approximate surface area is 57.3 Å². The molecule has 0 amide bonds. The van der Waals surface area contributed by atoms with E-state index in [1.165, 1.54) is 5.31 Å². The predicted molar refractivity (Wildman–Crippen MR) is 45.4 cm³/mol. The Bertz CT molecular complexity index is 197. The predicted octanol–water partition coefficient (Wildman–Crippen LogP) is 2.50. The highest BCUT2D eigenvalue weighted by atomic mass is 31.2. The minimum absolute atomic E-state index is 0.776. The molecule has 1 heteroatoms. The highest BCUT2D eigenvalue weighted by Gasteiger charge is 2.22. The van der Waals surface area contributed by atoms with Crippen molar-refractivity contribution in [2.75, 3.05) is 20.0 Å². The van der Waals surface area contributed by atoms with Gasteiger partial charge in [0.1, 0.15) is 5.31 Å². The van der Waals surface area contributed by atoms with Crippen molar-refractivity contribution in [1.29, 1.82) is 0 Å². The monoisotopic (exact) mass is 139 g/mol. The molecule has 0 aliphatic heterocycles. The van der Waals surface area contributed by atoms with E-state index in [-0.39, 0.29) is 0 Å². The summed E-state index contributed by atoms with van der Waals surface area (Å²) in [6, 6.07) is 0. The van der Waals surface area contributed by atoms with Gasteiger partial charge in [-0.2, -0.15) is 0 Å². The van der Waals surface area contributed by atoms with Gasteiger partial charge in [-0.05, 0) is 18.2 Å². The van der Waals surface area contributed by atoms with Crippen LogP contribution >= 0.6 is 7.26 Å². The first-order valence-corrected chi connectivity index (χ1v) is 6.19. The van der Waals surface area contributed by atoms with Gasteiger partial charge in [-0.15, -0.1) is 0 Å². The number of allylic oxidation sites excluding steroid dienone is 3. The van der Waals surface area contributed by atoms with Gasteiger partial charge in [0.15, 0.2) is 0 Å². The van der Waals surface area contributed by atoms with Gasteiger partial charge in [0.2, 0.25) is 0 Å². The lowest BCUT2D eigenvalue weighted by atomic mass is 10.6. The Morgan fingerprint density at radius 3 is 2.22 bits per heavy atom. The molecule has 0 aromatic rings. The van der Waals surface area contributed by atoms with E-state index in [1.807, 2.05) is 6.08 Å². The summed E-state index contributed by atoms with van der Waals surface area (Å²) >= 11 is 0. The maximum absolute atomic E-state index is 3.23. The number of hydrogen-bond acceptors (Lipinski definition) is 0. The highest BCUT2D eigenvalue weighted by Crippen LogP contribution is 2.55. The summed E-state index contributed by atoms with van der Waals surface area (Å²) < 4.78 is 0. The lowest BCUT2D eigenvalue weighted by Gasteiger charge is -2.07. The van der Waals surface area contributed by atoms with Gasteiger partial charge in [0.25, 0.3) is 0 Å². The van der Waals surface area contributed by atoms with Crippen molar-refractivity contribution >= 4 is 7.26 Å². The fraction of sp³-hybridized carbons (Fsp3) is 0.375. The molecule has 0 N–H and O–H groups in total. The van der Waals surface area contributed by atoms with E-state index in [0.29, 0.717) is 0 Å². The van der Waals surface area contributed by atoms with Gasteiger partial charge in [-0.1, -0.05) is 5.73 Å². The van der Waals surface area contributed by atoms with Crippen molar-refractivity contribution < 1.29 is 0 Å². The summed E-state index contributed by atoms with van der Waals surface area (Å²) in [6.45, 7) is 6.91. The standard InChI is InChI=1S/C8H12P/c1-9(2,3)8-6-4-5-7-8/h4-6H,1-3H3/q+1. The summed E-state index contributed by atoms with van der Waals surface area (Å²) in [7, 11) is -0.776. The average Bonchev–Trinajstić information content (AvgIpc) is 2.08. The molecule has 9 heavy (non-hydrogen) atoms. The van der Waals surface area contributed by atoms with Crippen molar-refractivity contribution in [3.8, 4) is 0 Å². The quantitative estimate of drug-likeness (QED) is 0.386. The van der Waals surface area contributed by atoms with Crippen molar-refractivity contribution in [1.82, 2.24) is 0 Å². The van der Waals surface area contributed by atoms with Crippen LogP contribution in [0, 0.1) is 0 Å². The lowest BCUT2D eigenvalue weighted by Crippen LogP contribution is -1.83. The maximum atomic E-state index is 3.23. The molecule has 0 saturated carbocycles. The van der Waals surface area contributed by atoms with Crippen LogP contribution in [0.3, 0.4) is 0 Å². The molecule has 0 saturated heterocycles. The van der Waals surface area contributed by atoms with Crippen LogP contribution in [0.25, 0.3) is 0 Å². The molecule has 0 heterocycles. The van der Waals surface area contributed by atoms with Gasteiger partial charge < -0.3 is 0 Å². The molecular weight excluding hydrogens is 127 g/mol. The smallest absolute Gasteiger partial charge is 0.0753 e. The van der Waals surface area contributed by atoms with Crippen LogP contribution in [-0.4, -0.2) is 20.0 Å². The summed E-state index contributed by atoms with van der Waals surface area (Å²) in [5.74, 6) is 0. The van der Waals surface area contributed by atoms with Crippen molar-refractivity contribution in [3.05, 3.63) is 29.3 Å². The fourth-order valence-electron chi connectivity index (χ4n) is 0.738. The zero-order chi connectivity index (χ0) is 6.91. The summed E-state index contributed by atoms with van der Waals surface area (Å²) in [6.07, 6.45) is 6.20. The molecule has 0 radical (unpaired) electrons. The molecular formula is C8H12P+. The zero-order valence-electron chi connectivity index (χ0n) is 6.18. The van der Waals surface area contributed by atoms with E-state index < -0.39 is 7.26 Å². The summed E-state index contributed by atoms with van der Waals surface area (Å²) in [5, 5.41) is 1.41. The van der Waals surface area contributed by atoms with E-state index in [2.05, 4.69) is 37.9 Å². The number of hydrogen-bond donors (Lipinski definition) is 0. The van der Waals surface area contributed by atoms with Crippen LogP contribution in [0.2, 0.25) is 0 Å². The largest absolute Gasteiger partial charge is 0.134 e. The third-order valence-corrected chi connectivity index (χ3v) is 3.03. The Morgan fingerprint density at radius 1 is 1.33 bits per heavy atom. The first-order chi connectivity index (χ1) is 4.11. The zero-order valence-corrected chi connectivity index (χ0v) is 7.07. The van der Waals surface area contributed by atoms with Crippen molar-refractivity contribution in [2.24, 2.45) is 0 Å². The van der Waals surface area contributed by atoms with Crippen LogP contribution in [0.5, 0.6) is 0 Å². The SMILES string of the molecule is C[P+](C)(C)C1=C=CC=C1. The number of rotatable bonds is 1. The Hall–Kier alpha value is -0.310. The van der Waals surface area contributed by atoms with Crippen molar-refractivity contribution in [3.63, 3.8) is 0 Å². The van der Waals surface area contributed by atoms with E-state index in [9.17, 15) is 0 Å². The van der Waals surface area contributed by atoms with Gasteiger partial charge >= 0.3 is 0 Å². The van der Waals surface area contributed by atoms with Gasteiger partial charge in [0, 0.05) is 7.26 Å². The average molecular weight is 139 g/mol. The van der Waals surface area contributed by atoms with E-state index in [0.717, 1.165) is 0 Å². The summed E-state index contributed by atoms with van der Waals surface area (Å²) in [4.78, 5) is 0. The van der Waals surface area contributed by atoms with Crippen LogP contribution in [0.4, 0.5) is 0 Å². The molecule has 1 aliphatic rings. The molecule has 0 atom stereocenters. The Kier molecular flexibility index (Phi) is 1.62. The molecule has 0 spiro atoms. The molecule has 0 fully saturated rings. The third-order valence-electron chi connectivity index (χ3n) is 1.30. The minimum Gasteiger partial charge on any atom is -0.0753 e. The normalized spacial score (nSPS) is 16.6. The highest BCUT2D eigenvalue weighted by molar-refractivity contribution is 7.77. The molecule has 0 unspecified atom stereocenters. The Morgan fingerprint density at radius 2 is 2.00 bits per heavy atom. The first kappa shape index (κ1) is 6.81. The second-order valence-corrected chi connectivity index (χ2v) is 7.57. The van der Waals surface area contributed by atoms with Gasteiger partial charge in [0.05, 0.1) is 20.0 Å². The molecule has 0 aromatic heterocycles. The first-order valence-electron chi connectivity index (χ1n) is 3.06. The van der Waals surface area contributed by atoms with Crippen molar-refractivity contribution in [2.45, 2.75) is 0 Å². The van der Waals surface area contributed by atoms with Gasteiger partial charge in [-0.25, -0.2) is 0 Å². The molecule has 1 aliphatic carbocycles. The molecule has 0 nitrogen and oxygen atoms in total. The van der Waals surface area contributed by atoms with Crippen LogP contribution in [0.15, 0.2) is 29.3 Å². The fourth-order valence-corrected chi connectivity index (χ4v) is 1.73. The van der Waals surface area contributed by atoms with Crippen LogP contribution < -0.4 is 0 Å². The summed E-state index contributed by atoms with van der Waals surface area (Å²) in [5.41, 5.74) is 3.23. The molecule has 48 valence electrons.